The summed E-state index contributed by atoms with van der Waals surface area (Å²) in [6.45, 7) is 7.99. The van der Waals surface area contributed by atoms with Gasteiger partial charge in [0.05, 0.1) is 0 Å². The van der Waals surface area contributed by atoms with E-state index in [-0.39, 0.29) is 5.41 Å². The standard InChI is InChI=1S/C17H27N/c1-17(2,3)15-11-9-14(10-12-15)16-8-6-4-5-7-13-18-16/h9-12,16,18H,4-8,13H2,1-3H3. The van der Waals surface area contributed by atoms with Crippen molar-refractivity contribution in [1.29, 1.82) is 0 Å². The fourth-order valence-electron chi connectivity index (χ4n) is 2.71. The summed E-state index contributed by atoms with van der Waals surface area (Å²) < 4.78 is 0. The molecular formula is C17H27N. The molecule has 1 aliphatic rings. The molecular weight excluding hydrogens is 218 g/mol. The molecule has 1 aromatic carbocycles. The largest absolute Gasteiger partial charge is 0.310 e. The lowest BCUT2D eigenvalue weighted by Gasteiger charge is -2.24. The Bertz CT molecular complexity index is 350. The Morgan fingerprint density at radius 1 is 0.944 bits per heavy atom. The van der Waals surface area contributed by atoms with E-state index < -0.39 is 0 Å². The molecule has 1 N–H and O–H groups in total. The normalized spacial score (nSPS) is 22.3. The molecule has 100 valence electrons. The molecule has 1 fully saturated rings. The highest BCUT2D eigenvalue weighted by atomic mass is 14.9. The molecule has 0 aromatic heterocycles. The molecule has 1 heteroatoms. The second-order valence-electron chi connectivity index (χ2n) is 6.58. The lowest BCUT2D eigenvalue weighted by molar-refractivity contribution is 0.427. The zero-order valence-corrected chi connectivity index (χ0v) is 12.1. The Kier molecular flexibility index (Phi) is 4.45. The third kappa shape index (κ3) is 3.58. The van der Waals surface area contributed by atoms with Gasteiger partial charge in [-0.25, -0.2) is 0 Å². The van der Waals surface area contributed by atoms with Crippen LogP contribution in [0.15, 0.2) is 24.3 Å². The van der Waals surface area contributed by atoms with Gasteiger partial charge in [-0.2, -0.15) is 0 Å². The molecule has 1 heterocycles. The van der Waals surface area contributed by atoms with Gasteiger partial charge in [0, 0.05) is 6.04 Å². The highest BCUT2D eigenvalue weighted by molar-refractivity contribution is 5.29. The highest BCUT2D eigenvalue weighted by Crippen LogP contribution is 2.26. The molecule has 0 spiro atoms. The van der Waals surface area contributed by atoms with E-state index >= 15 is 0 Å². The van der Waals surface area contributed by atoms with Crippen molar-refractivity contribution in [3.05, 3.63) is 35.4 Å². The third-order valence-corrected chi connectivity index (χ3v) is 3.99. The summed E-state index contributed by atoms with van der Waals surface area (Å²) in [5.41, 5.74) is 3.15. The summed E-state index contributed by atoms with van der Waals surface area (Å²) >= 11 is 0. The van der Waals surface area contributed by atoms with Gasteiger partial charge in [0.25, 0.3) is 0 Å². The first-order chi connectivity index (χ1) is 8.57. The van der Waals surface area contributed by atoms with Gasteiger partial charge < -0.3 is 5.32 Å². The molecule has 0 saturated carbocycles. The quantitative estimate of drug-likeness (QED) is 0.763. The van der Waals surface area contributed by atoms with Crippen LogP contribution in [0.25, 0.3) is 0 Å². The van der Waals surface area contributed by atoms with Crippen LogP contribution >= 0.6 is 0 Å². The fourth-order valence-corrected chi connectivity index (χ4v) is 2.71. The molecule has 0 bridgehead atoms. The predicted molar refractivity (Wildman–Crippen MR) is 79.0 cm³/mol. The van der Waals surface area contributed by atoms with E-state index in [0.717, 1.165) is 0 Å². The fraction of sp³-hybridized carbons (Fsp3) is 0.647. The van der Waals surface area contributed by atoms with E-state index in [9.17, 15) is 0 Å². The maximum absolute atomic E-state index is 3.70. The third-order valence-electron chi connectivity index (χ3n) is 3.99. The highest BCUT2D eigenvalue weighted by Gasteiger charge is 2.16. The van der Waals surface area contributed by atoms with Crippen LogP contribution < -0.4 is 5.32 Å². The number of rotatable bonds is 1. The minimum absolute atomic E-state index is 0.257. The summed E-state index contributed by atoms with van der Waals surface area (Å²) in [4.78, 5) is 0. The minimum atomic E-state index is 0.257. The Morgan fingerprint density at radius 3 is 2.28 bits per heavy atom. The molecule has 1 aromatic rings. The summed E-state index contributed by atoms with van der Waals surface area (Å²) in [7, 11) is 0. The summed E-state index contributed by atoms with van der Waals surface area (Å²) in [5.74, 6) is 0. The average Bonchev–Trinajstić information content (AvgIpc) is 2.27. The lowest BCUT2D eigenvalue weighted by atomic mass is 9.86. The first kappa shape index (κ1) is 13.6. The second kappa shape index (κ2) is 5.88. The van der Waals surface area contributed by atoms with Crippen molar-refractivity contribution in [3.8, 4) is 0 Å². The average molecular weight is 245 g/mol. The minimum Gasteiger partial charge on any atom is -0.310 e. The van der Waals surface area contributed by atoms with Crippen LogP contribution in [0.2, 0.25) is 0 Å². The zero-order chi connectivity index (χ0) is 13.0. The maximum Gasteiger partial charge on any atom is 0.0320 e. The molecule has 1 saturated heterocycles. The van der Waals surface area contributed by atoms with Crippen molar-refractivity contribution in [2.45, 2.75) is 64.3 Å². The van der Waals surface area contributed by atoms with Gasteiger partial charge in [-0.05, 0) is 35.9 Å². The van der Waals surface area contributed by atoms with E-state index in [1.54, 1.807) is 0 Å². The number of benzene rings is 1. The molecule has 1 aliphatic heterocycles. The number of hydrogen-bond acceptors (Lipinski definition) is 1. The first-order valence-electron chi connectivity index (χ1n) is 7.41. The first-order valence-corrected chi connectivity index (χ1v) is 7.41. The molecule has 1 unspecified atom stereocenters. The van der Waals surface area contributed by atoms with Gasteiger partial charge in [-0.3, -0.25) is 0 Å². The van der Waals surface area contributed by atoms with Crippen LogP contribution in [0.1, 0.15) is 70.0 Å². The molecule has 1 nitrogen and oxygen atoms in total. The Morgan fingerprint density at radius 2 is 1.61 bits per heavy atom. The van der Waals surface area contributed by atoms with Crippen molar-refractivity contribution in [3.63, 3.8) is 0 Å². The van der Waals surface area contributed by atoms with Crippen LogP contribution in [-0.4, -0.2) is 6.54 Å². The van der Waals surface area contributed by atoms with Crippen molar-refractivity contribution in [2.75, 3.05) is 6.54 Å². The number of nitrogens with one attached hydrogen (secondary N) is 1. The monoisotopic (exact) mass is 245 g/mol. The number of hydrogen-bond donors (Lipinski definition) is 1. The predicted octanol–water partition coefficient (Wildman–Crippen LogP) is 4.58. The van der Waals surface area contributed by atoms with Crippen LogP contribution in [0.5, 0.6) is 0 Å². The smallest absolute Gasteiger partial charge is 0.0320 e. The van der Waals surface area contributed by atoms with Crippen molar-refractivity contribution >= 4 is 0 Å². The van der Waals surface area contributed by atoms with Gasteiger partial charge in [0.2, 0.25) is 0 Å². The molecule has 1 atom stereocenters. The van der Waals surface area contributed by atoms with Crippen LogP contribution in [0, 0.1) is 0 Å². The Labute approximate surface area is 112 Å². The zero-order valence-electron chi connectivity index (χ0n) is 12.1. The van der Waals surface area contributed by atoms with E-state index in [4.69, 9.17) is 0 Å². The van der Waals surface area contributed by atoms with Gasteiger partial charge in [-0.15, -0.1) is 0 Å². The molecule has 0 aliphatic carbocycles. The Balaban J connectivity index is 2.07. The summed E-state index contributed by atoms with van der Waals surface area (Å²) in [6.07, 6.45) is 6.77. The van der Waals surface area contributed by atoms with Crippen LogP contribution in [0.4, 0.5) is 0 Å². The van der Waals surface area contributed by atoms with Gasteiger partial charge >= 0.3 is 0 Å². The molecule has 0 amide bonds. The van der Waals surface area contributed by atoms with E-state index in [1.165, 1.54) is 49.8 Å². The maximum atomic E-state index is 3.70. The topological polar surface area (TPSA) is 12.0 Å². The van der Waals surface area contributed by atoms with E-state index in [1.807, 2.05) is 0 Å². The van der Waals surface area contributed by atoms with Crippen molar-refractivity contribution < 1.29 is 0 Å². The van der Waals surface area contributed by atoms with Crippen LogP contribution in [-0.2, 0) is 5.41 Å². The molecule has 18 heavy (non-hydrogen) atoms. The molecule has 2 rings (SSSR count). The lowest BCUT2D eigenvalue weighted by Crippen LogP contribution is -2.24. The summed E-state index contributed by atoms with van der Waals surface area (Å²) in [5, 5.41) is 3.70. The molecule has 0 radical (unpaired) electrons. The second-order valence-corrected chi connectivity index (χ2v) is 6.58. The van der Waals surface area contributed by atoms with Crippen molar-refractivity contribution in [1.82, 2.24) is 5.32 Å². The Hall–Kier alpha value is -0.820. The van der Waals surface area contributed by atoms with Gasteiger partial charge in [0.15, 0.2) is 0 Å². The van der Waals surface area contributed by atoms with E-state index in [0.29, 0.717) is 6.04 Å². The SMILES string of the molecule is CC(C)(C)c1ccc(C2CCCCCCN2)cc1. The summed E-state index contributed by atoms with van der Waals surface area (Å²) in [6, 6.07) is 9.81. The van der Waals surface area contributed by atoms with Gasteiger partial charge in [-0.1, -0.05) is 64.3 Å². The van der Waals surface area contributed by atoms with Crippen LogP contribution in [0.3, 0.4) is 0 Å². The van der Waals surface area contributed by atoms with E-state index in [2.05, 4.69) is 50.4 Å². The van der Waals surface area contributed by atoms with Gasteiger partial charge in [0.1, 0.15) is 0 Å². The van der Waals surface area contributed by atoms with Crippen molar-refractivity contribution in [2.24, 2.45) is 0 Å².